The van der Waals surface area contributed by atoms with Gasteiger partial charge in [-0.3, -0.25) is 4.79 Å². The van der Waals surface area contributed by atoms with Crippen molar-refractivity contribution in [3.8, 4) is 0 Å². The first-order valence-corrected chi connectivity index (χ1v) is 4.90. The van der Waals surface area contributed by atoms with E-state index in [9.17, 15) is 9.90 Å². The Hall–Kier alpha value is -1.43. The molecule has 1 amide bonds. The lowest BCUT2D eigenvalue weighted by Crippen LogP contribution is -2.28. The molecule has 2 rings (SSSR count). The number of nitrogens with zero attached hydrogens (tertiary/aromatic N) is 3. The van der Waals surface area contributed by atoms with Gasteiger partial charge in [-0.15, -0.1) is 0 Å². The van der Waals surface area contributed by atoms with Crippen LogP contribution in [0.1, 0.15) is 18.1 Å². The fourth-order valence-electron chi connectivity index (χ4n) is 1.64. The molecule has 1 aromatic heterocycles. The average molecular weight is 211 g/mol. The van der Waals surface area contributed by atoms with Crippen molar-refractivity contribution in [2.45, 2.75) is 25.9 Å². The maximum atomic E-state index is 11.3. The number of carbonyl (C=O) groups is 1. The highest BCUT2D eigenvalue weighted by atomic mass is 16.5. The minimum atomic E-state index is -0.526. The molecule has 1 fully saturated rings. The fraction of sp³-hybridized carbons (Fsp3) is 0.667. The zero-order valence-corrected chi connectivity index (χ0v) is 8.51. The molecular weight excluding hydrogens is 198 g/mol. The summed E-state index contributed by atoms with van der Waals surface area (Å²) in [5.41, 5.74) is 0. The molecule has 0 aliphatic carbocycles. The third kappa shape index (κ3) is 2.33. The van der Waals surface area contributed by atoms with E-state index in [1.165, 1.54) is 0 Å². The van der Waals surface area contributed by atoms with Crippen LogP contribution in [0.4, 0.5) is 0 Å². The second kappa shape index (κ2) is 3.98. The summed E-state index contributed by atoms with van der Waals surface area (Å²) in [4.78, 5) is 17.0. The van der Waals surface area contributed by atoms with Crippen LogP contribution in [-0.2, 0) is 11.2 Å². The zero-order valence-electron chi connectivity index (χ0n) is 8.51. The van der Waals surface area contributed by atoms with Crippen LogP contribution in [0.3, 0.4) is 0 Å². The van der Waals surface area contributed by atoms with E-state index in [4.69, 9.17) is 4.52 Å². The van der Waals surface area contributed by atoms with Crippen molar-refractivity contribution >= 4 is 5.91 Å². The summed E-state index contributed by atoms with van der Waals surface area (Å²) in [6.45, 7) is 2.68. The van der Waals surface area contributed by atoms with Crippen molar-refractivity contribution < 1.29 is 14.4 Å². The zero-order chi connectivity index (χ0) is 10.8. The smallest absolute Gasteiger partial charge is 0.228 e. The summed E-state index contributed by atoms with van der Waals surface area (Å²) in [5.74, 6) is 1.11. The molecule has 0 radical (unpaired) electrons. The van der Waals surface area contributed by atoms with Crippen LogP contribution >= 0.6 is 0 Å². The molecule has 6 nitrogen and oxygen atoms in total. The topological polar surface area (TPSA) is 79.5 Å². The minimum absolute atomic E-state index is 0.0151. The number of β-amino-alcohol motifs (C(OH)–C–C–N with tert-alkyl or cyclic N) is 1. The van der Waals surface area contributed by atoms with Crippen molar-refractivity contribution in [1.29, 1.82) is 0 Å². The van der Waals surface area contributed by atoms with Gasteiger partial charge in [0.2, 0.25) is 11.8 Å². The van der Waals surface area contributed by atoms with Crippen LogP contribution in [0, 0.1) is 6.92 Å². The lowest BCUT2D eigenvalue weighted by Gasteiger charge is -2.13. The number of aliphatic hydroxyl groups is 1. The number of aryl methyl sites for hydroxylation is 1. The highest BCUT2D eigenvalue weighted by Gasteiger charge is 2.27. The summed E-state index contributed by atoms with van der Waals surface area (Å²) in [5, 5.41) is 12.9. The van der Waals surface area contributed by atoms with E-state index in [2.05, 4.69) is 10.1 Å². The molecule has 1 saturated heterocycles. The standard InChI is InChI=1S/C9H13N3O3/c1-6-10-8(15-11-6)2-3-12-5-7(13)4-9(12)14/h7,13H,2-5H2,1H3. The number of aromatic nitrogens is 2. The summed E-state index contributed by atoms with van der Waals surface area (Å²) < 4.78 is 4.92. The average Bonchev–Trinajstić information content (AvgIpc) is 2.70. The molecule has 0 spiro atoms. The van der Waals surface area contributed by atoms with E-state index in [0.717, 1.165) is 0 Å². The Balaban J connectivity index is 1.86. The molecule has 1 N–H and O–H groups in total. The summed E-state index contributed by atoms with van der Waals surface area (Å²) in [6, 6.07) is 0. The number of likely N-dealkylation sites (tertiary alicyclic amines) is 1. The minimum Gasteiger partial charge on any atom is -0.391 e. The quantitative estimate of drug-likeness (QED) is 0.730. The number of carbonyl (C=O) groups excluding carboxylic acids is 1. The van der Waals surface area contributed by atoms with Gasteiger partial charge in [-0.25, -0.2) is 0 Å². The molecule has 2 heterocycles. The van der Waals surface area contributed by atoms with E-state index in [-0.39, 0.29) is 12.3 Å². The van der Waals surface area contributed by atoms with Crippen molar-refractivity contribution in [3.63, 3.8) is 0 Å². The lowest BCUT2D eigenvalue weighted by atomic mass is 10.3. The van der Waals surface area contributed by atoms with Gasteiger partial charge in [0.25, 0.3) is 0 Å². The summed E-state index contributed by atoms with van der Waals surface area (Å²) in [6.07, 6.45) is 0.240. The highest BCUT2D eigenvalue weighted by molar-refractivity contribution is 5.78. The fourth-order valence-corrected chi connectivity index (χ4v) is 1.64. The highest BCUT2D eigenvalue weighted by Crippen LogP contribution is 2.11. The monoisotopic (exact) mass is 211 g/mol. The second-order valence-electron chi connectivity index (χ2n) is 3.68. The van der Waals surface area contributed by atoms with Crippen LogP contribution in [0.15, 0.2) is 4.52 Å². The normalized spacial score (nSPS) is 21.3. The third-order valence-electron chi connectivity index (χ3n) is 2.36. The molecule has 0 aromatic carbocycles. The molecule has 82 valence electrons. The van der Waals surface area contributed by atoms with Gasteiger partial charge in [0, 0.05) is 19.5 Å². The largest absolute Gasteiger partial charge is 0.391 e. The van der Waals surface area contributed by atoms with Crippen LogP contribution < -0.4 is 0 Å². The van der Waals surface area contributed by atoms with Gasteiger partial charge in [-0.1, -0.05) is 5.16 Å². The number of amides is 1. The number of hydrogen-bond acceptors (Lipinski definition) is 5. The predicted molar refractivity (Wildman–Crippen MR) is 49.9 cm³/mol. The molecule has 6 heteroatoms. The molecule has 1 aliphatic heterocycles. The van der Waals surface area contributed by atoms with Crippen molar-refractivity contribution in [1.82, 2.24) is 15.0 Å². The number of rotatable bonds is 3. The van der Waals surface area contributed by atoms with Gasteiger partial charge in [-0.05, 0) is 6.92 Å². The number of hydrogen-bond donors (Lipinski definition) is 1. The SMILES string of the molecule is Cc1noc(CCN2CC(O)CC2=O)n1. The molecule has 1 aliphatic rings. The molecule has 1 aromatic rings. The molecular formula is C9H13N3O3. The van der Waals surface area contributed by atoms with Gasteiger partial charge < -0.3 is 14.5 Å². The molecule has 15 heavy (non-hydrogen) atoms. The first kappa shape index (κ1) is 10.1. The van der Waals surface area contributed by atoms with E-state index in [0.29, 0.717) is 31.2 Å². The van der Waals surface area contributed by atoms with Crippen molar-refractivity contribution in [2.75, 3.05) is 13.1 Å². The van der Waals surface area contributed by atoms with Crippen LogP contribution in [-0.4, -0.2) is 45.2 Å². The van der Waals surface area contributed by atoms with Gasteiger partial charge in [0.15, 0.2) is 5.82 Å². The molecule has 0 saturated carbocycles. The Bertz CT molecular complexity index is 363. The van der Waals surface area contributed by atoms with Gasteiger partial charge >= 0.3 is 0 Å². The summed E-state index contributed by atoms with van der Waals surface area (Å²) in [7, 11) is 0. The lowest BCUT2D eigenvalue weighted by molar-refractivity contribution is -0.127. The van der Waals surface area contributed by atoms with Crippen LogP contribution in [0.2, 0.25) is 0 Å². The molecule has 1 unspecified atom stereocenters. The maximum Gasteiger partial charge on any atom is 0.228 e. The van der Waals surface area contributed by atoms with E-state index in [1.807, 2.05) is 0 Å². The second-order valence-corrected chi connectivity index (χ2v) is 3.68. The maximum absolute atomic E-state index is 11.3. The Labute approximate surface area is 86.9 Å². The Morgan fingerprint density at radius 3 is 3.00 bits per heavy atom. The Kier molecular flexibility index (Phi) is 2.68. The predicted octanol–water partition coefficient (Wildman–Crippen LogP) is -0.486. The van der Waals surface area contributed by atoms with Gasteiger partial charge in [0.1, 0.15) is 0 Å². The molecule has 1 atom stereocenters. The van der Waals surface area contributed by atoms with Crippen molar-refractivity contribution in [2.24, 2.45) is 0 Å². The van der Waals surface area contributed by atoms with Crippen molar-refractivity contribution in [3.05, 3.63) is 11.7 Å². The third-order valence-corrected chi connectivity index (χ3v) is 2.36. The number of aliphatic hydroxyl groups excluding tert-OH is 1. The van der Waals surface area contributed by atoms with E-state index in [1.54, 1.807) is 11.8 Å². The Morgan fingerprint density at radius 2 is 2.47 bits per heavy atom. The summed E-state index contributed by atoms with van der Waals surface area (Å²) >= 11 is 0. The van der Waals surface area contributed by atoms with Crippen LogP contribution in [0.5, 0.6) is 0 Å². The first-order valence-electron chi connectivity index (χ1n) is 4.90. The van der Waals surface area contributed by atoms with E-state index < -0.39 is 6.10 Å². The Morgan fingerprint density at radius 1 is 1.67 bits per heavy atom. The van der Waals surface area contributed by atoms with Gasteiger partial charge in [-0.2, -0.15) is 4.98 Å². The molecule has 0 bridgehead atoms. The van der Waals surface area contributed by atoms with Gasteiger partial charge in [0.05, 0.1) is 12.5 Å². The van der Waals surface area contributed by atoms with E-state index >= 15 is 0 Å². The van der Waals surface area contributed by atoms with Crippen LogP contribution in [0.25, 0.3) is 0 Å². The first-order chi connectivity index (χ1) is 7.15.